The number of ether oxygens (including phenoxy) is 1. The van der Waals surface area contributed by atoms with Gasteiger partial charge in [-0.05, 0) is 30.2 Å². The highest BCUT2D eigenvalue weighted by Crippen LogP contribution is 2.21. The molecule has 2 nitrogen and oxygen atoms in total. The van der Waals surface area contributed by atoms with Gasteiger partial charge in [0, 0.05) is 23.6 Å². The Hall–Kier alpha value is -0.570. The quantitative estimate of drug-likeness (QED) is 0.798. The summed E-state index contributed by atoms with van der Waals surface area (Å²) in [7, 11) is 1.50. The van der Waals surface area contributed by atoms with Crippen molar-refractivity contribution in [2.24, 2.45) is 0 Å². The van der Waals surface area contributed by atoms with Crippen LogP contribution in [-0.4, -0.2) is 19.5 Å². The Morgan fingerprint density at radius 3 is 2.80 bits per heavy atom. The summed E-state index contributed by atoms with van der Waals surface area (Å²) in [5.41, 5.74) is 0.897. The van der Waals surface area contributed by atoms with Gasteiger partial charge in [-0.1, -0.05) is 23.2 Å². The number of aryl methyl sites for hydroxylation is 1. The zero-order valence-electron chi connectivity index (χ0n) is 8.43. The van der Waals surface area contributed by atoms with Crippen molar-refractivity contribution >= 4 is 29.0 Å². The second-order valence-corrected chi connectivity index (χ2v) is 4.05. The number of ketones is 1. The van der Waals surface area contributed by atoms with E-state index < -0.39 is 0 Å². The monoisotopic (exact) mass is 246 g/mol. The van der Waals surface area contributed by atoms with E-state index >= 15 is 0 Å². The standard InChI is InChI=1S/C11H12Cl2O2/c1-15-7-10(14)4-2-8-6-9(12)3-5-11(8)13/h3,5-6H,2,4,7H2,1H3. The van der Waals surface area contributed by atoms with Gasteiger partial charge in [-0.25, -0.2) is 0 Å². The van der Waals surface area contributed by atoms with Gasteiger partial charge in [-0.2, -0.15) is 0 Å². The topological polar surface area (TPSA) is 26.3 Å². The molecule has 4 heteroatoms. The van der Waals surface area contributed by atoms with E-state index in [1.54, 1.807) is 18.2 Å². The molecule has 0 aliphatic rings. The van der Waals surface area contributed by atoms with Crippen molar-refractivity contribution in [3.05, 3.63) is 33.8 Å². The van der Waals surface area contributed by atoms with Gasteiger partial charge in [0.25, 0.3) is 0 Å². The van der Waals surface area contributed by atoms with Crippen molar-refractivity contribution in [1.29, 1.82) is 0 Å². The highest BCUT2D eigenvalue weighted by Gasteiger charge is 2.05. The van der Waals surface area contributed by atoms with Crippen LogP contribution in [0.2, 0.25) is 10.0 Å². The molecule has 0 spiro atoms. The fourth-order valence-corrected chi connectivity index (χ4v) is 1.65. The third-order valence-corrected chi connectivity index (χ3v) is 2.59. The number of hydrogen-bond acceptors (Lipinski definition) is 2. The Morgan fingerprint density at radius 1 is 1.40 bits per heavy atom. The van der Waals surface area contributed by atoms with Crippen molar-refractivity contribution in [2.75, 3.05) is 13.7 Å². The van der Waals surface area contributed by atoms with Crippen LogP contribution in [0, 0.1) is 0 Å². The van der Waals surface area contributed by atoms with Crippen LogP contribution < -0.4 is 0 Å². The smallest absolute Gasteiger partial charge is 0.158 e. The highest BCUT2D eigenvalue weighted by atomic mass is 35.5. The second kappa shape index (κ2) is 6.11. The lowest BCUT2D eigenvalue weighted by Gasteiger charge is -2.04. The Kier molecular flexibility index (Phi) is 5.09. The van der Waals surface area contributed by atoms with Crippen LogP contribution in [-0.2, 0) is 16.0 Å². The van der Waals surface area contributed by atoms with Crippen LogP contribution in [0.1, 0.15) is 12.0 Å². The number of carbonyl (C=O) groups excluding carboxylic acids is 1. The first-order chi connectivity index (χ1) is 7.13. The predicted molar refractivity (Wildman–Crippen MR) is 61.7 cm³/mol. The molecule has 82 valence electrons. The minimum Gasteiger partial charge on any atom is -0.377 e. The van der Waals surface area contributed by atoms with Crippen molar-refractivity contribution in [2.45, 2.75) is 12.8 Å². The summed E-state index contributed by atoms with van der Waals surface area (Å²) in [5.74, 6) is 0.0635. The molecule has 0 N–H and O–H groups in total. The van der Waals surface area contributed by atoms with E-state index in [2.05, 4.69) is 0 Å². The molecule has 0 atom stereocenters. The van der Waals surface area contributed by atoms with E-state index in [4.69, 9.17) is 27.9 Å². The van der Waals surface area contributed by atoms with E-state index in [1.807, 2.05) is 0 Å². The maximum Gasteiger partial charge on any atom is 0.158 e. The van der Waals surface area contributed by atoms with E-state index in [1.165, 1.54) is 7.11 Å². The largest absolute Gasteiger partial charge is 0.377 e. The van der Waals surface area contributed by atoms with E-state index in [9.17, 15) is 4.79 Å². The van der Waals surface area contributed by atoms with Gasteiger partial charge in [-0.3, -0.25) is 4.79 Å². The first-order valence-electron chi connectivity index (χ1n) is 4.58. The Labute approximate surface area is 99.1 Å². The van der Waals surface area contributed by atoms with Crippen LogP contribution in [0.5, 0.6) is 0 Å². The van der Waals surface area contributed by atoms with Gasteiger partial charge in [0.2, 0.25) is 0 Å². The first-order valence-corrected chi connectivity index (χ1v) is 5.33. The molecule has 1 aromatic carbocycles. The summed E-state index contributed by atoms with van der Waals surface area (Å²) in [4.78, 5) is 11.2. The molecule has 1 rings (SSSR count). The molecular weight excluding hydrogens is 235 g/mol. The van der Waals surface area contributed by atoms with Crippen LogP contribution in [0.25, 0.3) is 0 Å². The zero-order chi connectivity index (χ0) is 11.3. The lowest BCUT2D eigenvalue weighted by molar-refractivity contribution is -0.122. The number of hydrogen-bond donors (Lipinski definition) is 0. The Balaban J connectivity index is 2.57. The summed E-state index contributed by atoms with van der Waals surface area (Å²) < 4.78 is 4.74. The third kappa shape index (κ3) is 4.20. The summed E-state index contributed by atoms with van der Waals surface area (Å²) in [6.07, 6.45) is 1.02. The number of halogens is 2. The lowest BCUT2D eigenvalue weighted by atomic mass is 10.1. The number of rotatable bonds is 5. The minimum atomic E-state index is 0.0635. The van der Waals surface area contributed by atoms with Crippen LogP contribution in [0.4, 0.5) is 0 Å². The maximum absolute atomic E-state index is 11.2. The van der Waals surface area contributed by atoms with Gasteiger partial charge < -0.3 is 4.74 Å². The van der Waals surface area contributed by atoms with E-state index in [-0.39, 0.29) is 12.4 Å². The van der Waals surface area contributed by atoms with Crippen LogP contribution in [0.3, 0.4) is 0 Å². The molecule has 0 heterocycles. The van der Waals surface area contributed by atoms with Gasteiger partial charge in [-0.15, -0.1) is 0 Å². The summed E-state index contributed by atoms with van der Waals surface area (Å²) >= 11 is 11.8. The molecule has 0 amide bonds. The SMILES string of the molecule is COCC(=O)CCc1cc(Cl)ccc1Cl. The lowest BCUT2D eigenvalue weighted by Crippen LogP contribution is -2.07. The van der Waals surface area contributed by atoms with Crippen LogP contribution >= 0.6 is 23.2 Å². The molecule has 0 bridgehead atoms. The van der Waals surface area contributed by atoms with Crippen molar-refractivity contribution in [1.82, 2.24) is 0 Å². The van der Waals surface area contributed by atoms with Gasteiger partial charge >= 0.3 is 0 Å². The molecule has 0 fully saturated rings. The van der Waals surface area contributed by atoms with Crippen molar-refractivity contribution < 1.29 is 9.53 Å². The van der Waals surface area contributed by atoms with Gasteiger partial charge in [0.05, 0.1) is 0 Å². The maximum atomic E-state index is 11.2. The van der Waals surface area contributed by atoms with Crippen LogP contribution in [0.15, 0.2) is 18.2 Å². The second-order valence-electron chi connectivity index (χ2n) is 3.21. The Morgan fingerprint density at radius 2 is 2.13 bits per heavy atom. The molecule has 1 aromatic rings. The molecule has 0 saturated carbocycles. The molecule has 0 aromatic heterocycles. The minimum absolute atomic E-state index is 0.0635. The molecule has 15 heavy (non-hydrogen) atoms. The fraction of sp³-hybridized carbons (Fsp3) is 0.364. The first kappa shape index (κ1) is 12.5. The average Bonchev–Trinajstić information content (AvgIpc) is 2.20. The number of Topliss-reactive ketones (excluding diaryl/α,β-unsaturated/α-hetero) is 1. The number of benzene rings is 1. The number of methoxy groups -OCH3 is 1. The van der Waals surface area contributed by atoms with Crippen molar-refractivity contribution in [3.63, 3.8) is 0 Å². The highest BCUT2D eigenvalue weighted by molar-refractivity contribution is 6.33. The zero-order valence-corrected chi connectivity index (χ0v) is 9.94. The van der Waals surface area contributed by atoms with Gasteiger partial charge in [0.1, 0.15) is 6.61 Å². The molecule has 0 aliphatic heterocycles. The fourth-order valence-electron chi connectivity index (χ4n) is 1.24. The Bertz CT molecular complexity index is 350. The van der Waals surface area contributed by atoms with Gasteiger partial charge in [0.15, 0.2) is 5.78 Å². The molecular formula is C11H12Cl2O2. The van der Waals surface area contributed by atoms with Crippen molar-refractivity contribution in [3.8, 4) is 0 Å². The molecule has 0 radical (unpaired) electrons. The van der Waals surface area contributed by atoms with E-state index in [0.717, 1.165) is 5.56 Å². The number of carbonyl (C=O) groups is 1. The third-order valence-electron chi connectivity index (χ3n) is 1.99. The van der Waals surface area contributed by atoms with E-state index in [0.29, 0.717) is 22.9 Å². The molecule has 0 saturated heterocycles. The summed E-state index contributed by atoms with van der Waals surface area (Å²) in [5, 5.41) is 1.28. The predicted octanol–water partition coefficient (Wildman–Crippen LogP) is 3.14. The molecule has 0 aliphatic carbocycles. The molecule has 0 unspecified atom stereocenters. The summed E-state index contributed by atoms with van der Waals surface area (Å²) in [6.45, 7) is 0.151. The normalized spacial score (nSPS) is 10.3. The average molecular weight is 247 g/mol. The summed E-state index contributed by atoms with van der Waals surface area (Å²) in [6, 6.07) is 5.24.